The van der Waals surface area contributed by atoms with Crippen LogP contribution >= 0.6 is 0 Å². The SMILES string of the molecule is COC(=O)N1CCN(CCN2CCCCC2)c2ccccc21. The smallest absolute Gasteiger partial charge is 0.414 e. The van der Waals surface area contributed by atoms with E-state index in [-0.39, 0.29) is 6.09 Å². The van der Waals surface area contributed by atoms with Gasteiger partial charge in [-0.3, -0.25) is 4.90 Å². The lowest BCUT2D eigenvalue weighted by molar-refractivity contribution is 0.178. The summed E-state index contributed by atoms with van der Waals surface area (Å²) in [6.07, 6.45) is 3.75. The molecule has 2 aliphatic heterocycles. The van der Waals surface area contributed by atoms with Gasteiger partial charge in [-0.1, -0.05) is 18.6 Å². The first-order valence-corrected chi connectivity index (χ1v) is 8.21. The fraction of sp³-hybridized carbons (Fsp3) is 0.588. The molecule has 1 amide bonds. The Morgan fingerprint density at radius 3 is 2.45 bits per heavy atom. The third-order valence-corrected chi connectivity index (χ3v) is 4.64. The molecular weight excluding hydrogens is 278 g/mol. The number of carbonyl (C=O) groups excluding carboxylic acids is 1. The van der Waals surface area contributed by atoms with E-state index in [2.05, 4.69) is 15.9 Å². The van der Waals surface area contributed by atoms with Gasteiger partial charge < -0.3 is 14.5 Å². The Hall–Kier alpha value is -1.75. The van der Waals surface area contributed by atoms with E-state index < -0.39 is 0 Å². The number of carbonyl (C=O) groups is 1. The molecule has 0 bridgehead atoms. The number of hydrogen-bond acceptors (Lipinski definition) is 4. The third kappa shape index (κ3) is 3.19. The molecule has 0 aromatic heterocycles. The van der Waals surface area contributed by atoms with Crippen molar-refractivity contribution in [3.8, 4) is 0 Å². The van der Waals surface area contributed by atoms with Gasteiger partial charge >= 0.3 is 6.09 Å². The van der Waals surface area contributed by atoms with E-state index in [1.807, 2.05) is 18.2 Å². The number of nitrogens with zero attached hydrogens (tertiary/aromatic N) is 3. The maximum atomic E-state index is 11.9. The zero-order valence-electron chi connectivity index (χ0n) is 13.3. The summed E-state index contributed by atoms with van der Waals surface area (Å²) in [7, 11) is 1.44. The second-order valence-electron chi connectivity index (χ2n) is 6.00. The summed E-state index contributed by atoms with van der Waals surface area (Å²) >= 11 is 0. The lowest BCUT2D eigenvalue weighted by Crippen LogP contribution is -2.46. The van der Waals surface area contributed by atoms with E-state index >= 15 is 0 Å². The standard InChI is InChI=1S/C17H25N3O2/c1-22-17(21)20-14-13-19(15-7-3-4-8-16(15)20)12-11-18-9-5-2-6-10-18/h3-4,7-8H,2,5-6,9-14H2,1H3. The number of methoxy groups -OCH3 is 1. The van der Waals surface area contributed by atoms with Gasteiger partial charge in [0.25, 0.3) is 0 Å². The topological polar surface area (TPSA) is 36.0 Å². The van der Waals surface area contributed by atoms with Crippen LogP contribution in [0.25, 0.3) is 0 Å². The van der Waals surface area contributed by atoms with Crippen LogP contribution in [0.3, 0.4) is 0 Å². The molecule has 0 spiro atoms. The van der Waals surface area contributed by atoms with Crippen LogP contribution in [-0.2, 0) is 4.74 Å². The summed E-state index contributed by atoms with van der Waals surface area (Å²) in [6.45, 7) is 6.12. The molecule has 2 heterocycles. The van der Waals surface area contributed by atoms with Crippen molar-refractivity contribution < 1.29 is 9.53 Å². The van der Waals surface area contributed by atoms with Gasteiger partial charge in [0.15, 0.2) is 0 Å². The molecule has 2 aliphatic rings. The van der Waals surface area contributed by atoms with Gasteiger partial charge in [-0.15, -0.1) is 0 Å². The number of anilines is 2. The number of piperidine rings is 1. The normalized spacial score (nSPS) is 19.0. The molecule has 5 heteroatoms. The van der Waals surface area contributed by atoms with Gasteiger partial charge in [-0.05, 0) is 38.1 Å². The molecule has 3 rings (SSSR count). The Kier molecular flexibility index (Phi) is 4.83. The number of likely N-dealkylation sites (tertiary alicyclic amines) is 1. The fourth-order valence-electron chi connectivity index (χ4n) is 3.40. The summed E-state index contributed by atoms with van der Waals surface area (Å²) < 4.78 is 4.90. The highest BCUT2D eigenvalue weighted by Gasteiger charge is 2.27. The van der Waals surface area contributed by atoms with E-state index in [9.17, 15) is 4.79 Å². The molecule has 0 aliphatic carbocycles. The molecule has 0 unspecified atom stereocenters. The molecular formula is C17H25N3O2. The predicted octanol–water partition coefficient (Wildman–Crippen LogP) is 2.57. The highest BCUT2D eigenvalue weighted by molar-refractivity contribution is 5.93. The zero-order valence-corrected chi connectivity index (χ0v) is 13.3. The summed E-state index contributed by atoms with van der Waals surface area (Å²) in [5.74, 6) is 0. The van der Waals surface area contributed by atoms with Crippen molar-refractivity contribution in [1.29, 1.82) is 0 Å². The first-order valence-electron chi connectivity index (χ1n) is 8.21. The van der Waals surface area contributed by atoms with Crippen molar-refractivity contribution in [3.05, 3.63) is 24.3 Å². The van der Waals surface area contributed by atoms with Crippen molar-refractivity contribution in [1.82, 2.24) is 4.90 Å². The lowest BCUT2D eigenvalue weighted by Gasteiger charge is -2.38. The second-order valence-corrected chi connectivity index (χ2v) is 6.00. The maximum absolute atomic E-state index is 11.9. The maximum Gasteiger partial charge on any atom is 0.414 e. The minimum atomic E-state index is -0.275. The van der Waals surface area contributed by atoms with Crippen molar-refractivity contribution in [2.45, 2.75) is 19.3 Å². The van der Waals surface area contributed by atoms with Gasteiger partial charge in [0.2, 0.25) is 0 Å². The minimum Gasteiger partial charge on any atom is -0.452 e. The summed E-state index contributed by atoms with van der Waals surface area (Å²) in [5, 5.41) is 0. The molecule has 5 nitrogen and oxygen atoms in total. The van der Waals surface area contributed by atoms with E-state index in [0.717, 1.165) is 31.0 Å². The van der Waals surface area contributed by atoms with Crippen LogP contribution < -0.4 is 9.80 Å². The number of benzene rings is 1. The average molecular weight is 303 g/mol. The fourth-order valence-corrected chi connectivity index (χ4v) is 3.40. The van der Waals surface area contributed by atoms with Gasteiger partial charge in [0, 0.05) is 26.2 Å². The van der Waals surface area contributed by atoms with E-state index in [1.165, 1.54) is 39.5 Å². The van der Waals surface area contributed by atoms with Crippen LogP contribution in [0.5, 0.6) is 0 Å². The van der Waals surface area contributed by atoms with Crippen molar-refractivity contribution in [2.24, 2.45) is 0 Å². The van der Waals surface area contributed by atoms with Gasteiger partial charge in [0.05, 0.1) is 18.5 Å². The van der Waals surface area contributed by atoms with Crippen molar-refractivity contribution >= 4 is 17.5 Å². The van der Waals surface area contributed by atoms with E-state index in [0.29, 0.717) is 6.54 Å². The first-order chi connectivity index (χ1) is 10.8. The monoisotopic (exact) mass is 303 g/mol. The van der Waals surface area contributed by atoms with Crippen LogP contribution in [0.4, 0.5) is 16.2 Å². The van der Waals surface area contributed by atoms with Crippen LogP contribution in [0.1, 0.15) is 19.3 Å². The Bertz CT molecular complexity index is 514. The molecule has 0 saturated carbocycles. The molecule has 1 aromatic rings. The molecule has 0 atom stereocenters. The van der Waals surface area contributed by atoms with E-state index in [4.69, 9.17) is 4.74 Å². The van der Waals surface area contributed by atoms with Crippen LogP contribution in [0, 0.1) is 0 Å². The number of fused-ring (bicyclic) bond motifs is 1. The number of para-hydroxylation sites is 2. The summed E-state index contributed by atoms with van der Waals surface area (Å²) in [6, 6.07) is 8.11. The molecule has 1 aromatic carbocycles. The largest absolute Gasteiger partial charge is 0.452 e. The highest BCUT2D eigenvalue weighted by Crippen LogP contribution is 2.33. The Labute approximate surface area is 132 Å². The number of rotatable bonds is 3. The van der Waals surface area contributed by atoms with E-state index in [1.54, 1.807) is 4.90 Å². The molecule has 0 radical (unpaired) electrons. The quantitative estimate of drug-likeness (QED) is 0.860. The highest BCUT2D eigenvalue weighted by atomic mass is 16.5. The van der Waals surface area contributed by atoms with Gasteiger partial charge in [-0.25, -0.2) is 4.79 Å². The first kappa shape index (κ1) is 15.2. The molecule has 22 heavy (non-hydrogen) atoms. The Morgan fingerprint density at radius 2 is 1.73 bits per heavy atom. The Balaban J connectivity index is 1.69. The molecule has 0 N–H and O–H groups in total. The number of hydrogen-bond donors (Lipinski definition) is 0. The minimum absolute atomic E-state index is 0.275. The van der Waals surface area contributed by atoms with Crippen molar-refractivity contribution in [2.75, 3.05) is 56.2 Å². The summed E-state index contributed by atoms with van der Waals surface area (Å²) in [5.41, 5.74) is 2.09. The predicted molar refractivity (Wildman–Crippen MR) is 88.7 cm³/mol. The lowest BCUT2D eigenvalue weighted by atomic mass is 10.1. The van der Waals surface area contributed by atoms with Crippen LogP contribution in [0.15, 0.2) is 24.3 Å². The number of ether oxygens (including phenoxy) is 1. The van der Waals surface area contributed by atoms with Crippen LogP contribution in [-0.4, -0.2) is 57.4 Å². The molecule has 120 valence electrons. The zero-order chi connectivity index (χ0) is 15.4. The number of amides is 1. The average Bonchev–Trinajstić information content (AvgIpc) is 2.60. The Morgan fingerprint density at radius 1 is 1.00 bits per heavy atom. The van der Waals surface area contributed by atoms with Gasteiger partial charge in [-0.2, -0.15) is 0 Å². The second kappa shape index (κ2) is 7.01. The molecule has 1 fully saturated rings. The van der Waals surface area contributed by atoms with Gasteiger partial charge in [0.1, 0.15) is 0 Å². The third-order valence-electron chi connectivity index (χ3n) is 4.64. The van der Waals surface area contributed by atoms with Crippen molar-refractivity contribution in [3.63, 3.8) is 0 Å². The van der Waals surface area contributed by atoms with Crippen LogP contribution in [0.2, 0.25) is 0 Å². The summed E-state index contributed by atoms with van der Waals surface area (Å²) in [4.78, 5) is 18.6. The molecule has 1 saturated heterocycles.